The summed E-state index contributed by atoms with van der Waals surface area (Å²) in [7, 11) is -3.78. The summed E-state index contributed by atoms with van der Waals surface area (Å²) in [5, 5.41) is 14.8. The Morgan fingerprint density at radius 1 is 1.12 bits per heavy atom. The first-order valence-corrected chi connectivity index (χ1v) is 12.9. The summed E-state index contributed by atoms with van der Waals surface area (Å²) in [6.07, 6.45) is 8.39. The Labute approximate surface area is 187 Å². The van der Waals surface area contributed by atoms with E-state index in [1.54, 1.807) is 0 Å². The highest BCUT2D eigenvalue weighted by atomic mass is 32.2. The van der Waals surface area contributed by atoms with Crippen molar-refractivity contribution in [3.63, 3.8) is 0 Å². The van der Waals surface area contributed by atoms with Crippen LogP contribution < -0.4 is 10.1 Å². The topological polar surface area (TPSA) is 119 Å². The number of ether oxygens (including phenoxy) is 1. The second-order valence-electron chi connectivity index (χ2n) is 10.0. The number of hydrogen-bond donors (Lipinski definition) is 1. The first-order chi connectivity index (χ1) is 15.2. The minimum atomic E-state index is -3.78. The highest BCUT2D eigenvalue weighted by Gasteiger charge is 2.51. The Morgan fingerprint density at radius 2 is 1.72 bits per heavy atom. The molecule has 1 saturated heterocycles. The van der Waals surface area contributed by atoms with Crippen molar-refractivity contribution >= 4 is 21.6 Å². The molecule has 1 aliphatic heterocycles. The standard InChI is InChI=1S/C22H29N3O6S/c26-21(23-22-11-15-7-16(12-22)9-17(8-15)13-22)14-31-20-4-3-18(10-19(20)25(27)28)32(29,30)24-5-1-2-6-24/h3-4,10,15-17H,1-2,5-9,11-14H2,(H,23,26). The predicted octanol–water partition coefficient (Wildman–Crippen LogP) is 2.84. The molecule has 4 bridgehead atoms. The molecule has 5 fully saturated rings. The summed E-state index contributed by atoms with van der Waals surface area (Å²) in [5.41, 5.74) is -0.609. The van der Waals surface area contributed by atoms with Crippen molar-refractivity contribution in [2.24, 2.45) is 17.8 Å². The van der Waals surface area contributed by atoms with Crippen LogP contribution in [0.2, 0.25) is 0 Å². The van der Waals surface area contributed by atoms with Gasteiger partial charge in [-0.2, -0.15) is 4.31 Å². The third-order valence-electron chi connectivity index (χ3n) is 7.63. The van der Waals surface area contributed by atoms with Gasteiger partial charge in [0.1, 0.15) is 0 Å². The van der Waals surface area contributed by atoms with Crippen LogP contribution >= 0.6 is 0 Å². The molecular formula is C22H29N3O6S. The minimum absolute atomic E-state index is 0.101. The van der Waals surface area contributed by atoms with Gasteiger partial charge in [0.15, 0.2) is 12.4 Å². The molecule has 5 aliphatic rings. The monoisotopic (exact) mass is 463 g/mol. The Balaban J connectivity index is 1.27. The number of rotatable bonds is 7. The van der Waals surface area contributed by atoms with Gasteiger partial charge in [-0.1, -0.05) is 0 Å². The van der Waals surface area contributed by atoms with Gasteiger partial charge in [-0.25, -0.2) is 8.42 Å². The van der Waals surface area contributed by atoms with Crippen molar-refractivity contribution in [1.29, 1.82) is 0 Å². The van der Waals surface area contributed by atoms with E-state index in [0.717, 1.165) is 38.2 Å². The lowest BCUT2D eigenvalue weighted by molar-refractivity contribution is -0.386. The van der Waals surface area contributed by atoms with Crippen LogP contribution in [0.4, 0.5) is 5.69 Å². The molecule has 1 aromatic carbocycles. The zero-order valence-corrected chi connectivity index (χ0v) is 18.8. The Bertz CT molecular complexity index is 999. The number of nitro benzene ring substituents is 1. The van der Waals surface area contributed by atoms with E-state index < -0.39 is 20.6 Å². The van der Waals surface area contributed by atoms with Crippen LogP contribution in [0.3, 0.4) is 0 Å². The summed E-state index contributed by atoms with van der Waals surface area (Å²) in [4.78, 5) is 23.5. The van der Waals surface area contributed by atoms with Gasteiger partial charge in [-0.15, -0.1) is 0 Å². The lowest BCUT2D eigenvalue weighted by atomic mass is 9.53. The minimum Gasteiger partial charge on any atom is -0.477 e. The third-order valence-corrected chi connectivity index (χ3v) is 9.53. The Hall–Kier alpha value is -2.20. The van der Waals surface area contributed by atoms with Crippen molar-refractivity contribution in [3.8, 4) is 5.75 Å². The molecule has 0 aromatic heterocycles. The fraction of sp³-hybridized carbons (Fsp3) is 0.682. The molecule has 1 heterocycles. The van der Waals surface area contributed by atoms with E-state index in [2.05, 4.69) is 5.32 Å². The molecule has 1 N–H and O–H groups in total. The summed E-state index contributed by atoms with van der Waals surface area (Å²) in [6, 6.07) is 3.62. The summed E-state index contributed by atoms with van der Waals surface area (Å²) in [6.45, 7) is 0.499. The summed E-state index contributed by atoms with van der Waals surface area (Å²) < 4.78 is 32.3. The van der Waals surface area contributed by atoms with E-state index in [9.17, 15) is 23.3 Å². The average Bonchev–Trinajstić information content (AvgIpc) is 3.26. The molecule has 1 amide bonds. The number of nitro groups is 1. The second kappa shape index (κ2) is 7.98. The molecular weight excluding hydrogens is 434 g/mol. The van der Waals surface area contributed by atoms with Gasteiger partial charge >= 0.3 is 5.69 Å². The molecule has 6 rings (SSSR count). The SMILES string of the molecule is O=C(COc1ccc(S(=O)(=O)N2CCCC2)cc1[N+](=O)[O-])NC12CC3CC(CC(C3)C1)C2. The maximum absolute atomic E-state index is 12.7. The molecule has 10 heteroatoms. The van der Waals surface area contributed by atoms with E-state index in [1.165, 1.54) is 35.7 Å². The van der Waals surface area contributed by atoms with Crippen molar-refractivity contribution in [2.45, 2.75) is 61.8 Å². The molecule has 0 spiro atoms. The van der Waals surface area contributed by atoms with Crippen LogP contribution in [0.15, 0.2) is 23.1 Å². The van der Waals surface area contributed by atoms with Gasteiger partial charge in [0.25, 0.3) is 5.91 Å². The van der Waals surface area contributed by atoms with Crippen molar-refractivity contribution < 1.29 is 22.9 Å². The van der Waals surface area contributed by atoms with Crippen LogP contribution in [0.1, 0.15) is 51.4 Å². The molecule has 9 nitrogen and oxygen atoms in total. The Morgan fingerprint density at radius 3 is 2.28 bits per heavy atom. The predicted molar refractivity (Wildman–Crippen MR) is 116 cm³/mol. The zero-order valence-electron chi connectivity index (χ0n) is 18.0. The van der Waals surface area contributed by atoms with Gasteiger partial charge in [0.2, 0.25) is 10.0 Å². The normalized spacial score (nSPS) is 31.6. The van der Waals surface area contributed by atoms with Crippen LogP contribution in [0.5, 0.6) is 5.75 Å². The second-order valence-corrected chi connectivity index (χ2v) is 12.0. The number of sulfonamides is 1. The van der Waals surface area contributed by atoms with Crippen LogP contribution in [0, 0.1) is 27.9 Å². The summed E-state index contributed by atoms with van der Waals surface area (Å²) in [5.74, 6) is 1.68. The fourth-order valence-electron chi connectivity index (χ4n) is 6.74. The van der Waals surface area contributed by atoms with Crippen LogP contribution in [-0.4, -0.2) is 48.8 Å². The van der Waals surface area contributed by atoms with Gasteiger partial charge in [-0.05, 0) is 81.3 Å². The Kier molecular flexibility index (Phi) is 5.40. The number of carbonyl (C=O) groups excluding carboxylic acids is 1. The molecule has 4 aliphatic carbocycles. The molecule has 32 heavy (non-hydrogen) atoms. The highest BCUT2D eigenvalue weighted by molar-refractivity contribution is 7.89. The van der Waals surface area contributed by atoms with Crippen LogP contribution in [0.25, 0.3) is 0 Å². The first-order valence-electron chi connectivity index (χ1n) is 11.5. The van der Waals surface area contributed by atoms with Gasteiger partial charge < -0.3 is 10.1 Å². The third kappa shape index (κ3) is 3.98. The number of nitrogens with zero attached hydrogens (tertiary/aromatic N) is 2. The molecule has 174 valence electrons. The van der Waals surface area contributed by atoms with Crippen molar-refractivity contribution in [3.05, 3.63) is 28.3 Å². The van der Waals surface area contributed by atoms with Gasteiger partial charge in [0, 0.05) is 24.7 Å². The van der Waals surface area contributed by atoms with E-state index in [1.807, 2.05) is 0 Å². The number of hydrogen-bond acceptors (Lipinski definition) is 6. The first kappa shape index (κ1) is 21.6. The number of benzene rings is 1. The lowest BCUT2D eigenvalue weighted by Gasteiger charge is -2.56. The van der Waals surface area contributed by atoms with Crippen molar-refractivity contribution in [2.75, 3.05) is 19.7 Å². The molecule has 1 aromatic rings. The number of amides is 1. The number of nitrogens with one attached hydrogen (secondary N) is 1. The quantitative estimate of drug-likeness (QED) is 0.491. The fourth-order valence-corrected chi connectivity index (χ4v) is 8.28. The molecule has 0 atom stereocenters. The average molecular weight is 464 g/mol. The van der Waals surface area contributed by atoms with E-state index in [-0.39, 0.29) is 28.7 Å². The van der Waals surface area contributed by atoms with Crippen molar-refractivity contribution in [1.82, 2.24) is 9.62 Å². The molecule has 4 saturated carbocycles. The summed E-state index contributed by atoms with van der Waals surface area (Å²) >= 11 is 0. The molecule has 0 unspecified atom stereocenters. The van der Waals surface area contributed by atoms with Gasteiger partial charge in [-0.3, -0.25) is 14.9 Å². The maximum atomic E-state index is 12.7. The van der Waals surface area contributed by atoms with Crippen LogP contribution in [-0.2, 0) is 14.8 Å². The zero-order chi connectivity index (χ0) is 22.5. The maximum Gasteiger partial charge on any atom is 0.312 e. The number of carbonyl (C=O) groups is 1. The van der Waals surface area contributed by atoms with E-state index in [4.69, 9.17) is 4.74 Å². The van der Waals surface area contributed by atoms with E-state index in [0.29, 0.717) is 30.8 Å². The van der Waals surface area contributed by atoms with E-state index >= 15 is 0 Å². The lowest BCUT2D eigenvalue weighted by Crippen LogP contribution is -2.60. The van der Waals surface area contributed by atoms with Gasteiger partial charge in [0.05, 0.1) is 9.82 Å². The largest absolute Gasteiger partial charge is 0.477 e. The smallest absolute Gasteiger partial charge is 0.312 e. The highest BCUT2D eigenvalue weighted by Crippen LogP contribution is 2.55. The molecule has 0 radical (unpaired) electrons.